The average Bonchev–Trinajstić information content (AvgIpc) is 2.29. The fourth-order valence-electron chi connectivity index (χ4n) is 1.27. The first-order valence-corrected chi connectivity index (χ1v) is 5.15. The zero-order valence-electron chi connectivity index (χ0n) is 9.03. The van der Waals surface area contributed by atoms with Crippen LogP contribution >= 0.6 is 0 Å². The first-order chi connectivity index (χ1) is 7.29. The molecule has 0 N–H and O–H groups in total. The average molecular weight is 204 g/mol. The SMILES string of the molecule is C=CCCOc1ccccc1C(=O)CC. The second-order valence-electron chi connectivity index (χ2n) is 3.20. The number of carbonyl (C=O) groups excluding carboxylic acids is 1. The zero-order chi connectivity index (χ0) is 11.1. The molecule has 0 aliphatic rings. The van der Waals surface area contributed by atoms with Crippen molar-refractivity contribution in [3.63, 3.8) is 0 Å². The summed E-state index contributed by atoms with van der Waals surface area (Å²) in [5, 5.41) is 0. The van der Waals surface area contributed by atoms with Crippen LogP contribution in [0, 0.1) is 0 Å². The highest BCUT2D eigenvalue weighted by atomic mass is 16.5. The van der Waals surface area contributed by atoms with Gasteiger partial charge in [-0.2, -0.15) is 0 Å². The minimum absolute atomic E-state index is 0.115. The second-order valence-corrected chi connectivity index (χ2v) is 3.20. The molecule has 0 radical (unpaired) electrons. The van der Waals surface area contributed by atoms with Crippen molar-refractivity contribution >= 4 is 5.78 Å². The smallest absolute Gasteiger partial charge is 0.166 e. The first kappa shape index (κ1) is 11.5. The summed E-state index contributed by atoms with van der Waals surface area (Å²) in [5.41, 5.74) is 0.670. The van der Waals surface area contributed by atoms with Crippen LogP contribution in [0.25, 0.3) is 0 Å². The molecule has 0 spiro atoms. The number of carbonyl (C=O) groups is 1. The number of hydrogen-bond donors (Lipinski definition) is 0. The highest BCUT2D eigenvalue weighted by Crippen LogP contribution is 2.19. The van der Waals surface area contributed by atoms with E-state index in [1.54, 1.807) is 12.1 Å². The van der Waals surface area contributed by atoms with E-state index >= 15 is 0 Å². The molecule has 0 fully saturated rings. The van der Waals surface area contributed by atoms with Crippen molar-refractivity contribution in [1.82, 2.24) is 0 Å². The van der Waals surface area contributed by atoms with E-state index in [0.29, 0.717) is 24.3 Å². The molecule has 0 aromatic heterocycles. The number of ether oxygens (including phenoxy) is 1. The molecule has 1 aromatic carbocycles. The summed E-state index contributed by atoms with van der Waals surface area (Å²) in [4.78, 5) is 11.6. The van der Waals surface area contributed by atoms with Crippen LogP contribution in [0.4, 0.5) is 0 Å². The van der Waals surface area contributed by atoms with Gasteiger partial charge in [-0.15, -0.1) is 6.58 Å². The van der Waals surface area contributed by atoms with Gasteiger partial charge in [0.15, 0.2) is 5.78 Å². The van der Waals surface area contributed by atoms with E-state index in [1.165, 1.54) is 0 Å². The third-order valence-electron chi connectivity index (χ3n) is 2.09. The van der Waals surface area contributed by atoms with Gasteiger partial charge < -0.3 is 4.74 Å². The summed E-state index contributed by atoms with van der Waals surface area (Å²) in [6, 6.07) is 7.35. The number of ketones is 1. The number of rotatable bonds is 6. The quantitative estimate of drug-likeness (QED) is 0.404. The topological polar surface area (TPSA) is 26.3 Å². The van der Waals surface area contributed by atoms with E-state index in [2.05, 4.69) is 6.58 Å². The Kier molecular flexibility index (Phi) is 4.61. The number of benzene rings is 1. The summed E-state index contributed by atoms with van der Waals surface area (Å²) in [6.07, 6.45) is 3.08. The van der Waals surface area contributed by atoms with Gasteiger partial charge in [-0.05, 0) is 18.6 Å². The lowest BCUT2D eigenvalue weighted by Gasteiger charge is -2.08. The molecule has 0 saturated carbocycles. The molecule has 2 nitrogen and oxygen atoms in total. The highest BCUT2D eigenvalue weighted by molar-refractivity contribution is 5.98. The summed E-state index contributed by atoms with van der Waals surface area (Å²) in [6.45, 7) is 6.04. The standard InChI is InChI=1S/C13H16O2/c1-3-5-10-15-13-9-7-6-8-11(13)12(14)4-2/h3,6-9H,1,4-5,10H2,2H3. The third-order valence-corrected chi connectivity index (χ3v) is 2.09. The molecule has 0 amide bonds. The fourth-order valence-corrected chi connectivity index (χ4v) is 1.27. The van der Waals surface area contributed by atoms with E-state index in [0.717, 1.165) is 6.42 Å². The van der Waals surface area contributed by atoms with Gasteiger partial charge in [-0.25, -0.2) is 0 Å². The predicted molar refractivity (Wildman–Crippen MR) is 61.4 cm³/mol. The largest absolute Gasteiger partial charge is 0.493 e. The Morgan fingerprint density at radius 2 is 2.20 bits per heavy atom. The number of hydrogen-bond acceptors (Lipinski definition) is 2. The molecule has 0 unspecified atom stereocenters. The Labute approximate surface area is 90.6 Å². The minimum Gasteiger partial charge on any atom is -0.493 e. The number of Topliss-reactive ketones (excluding diaryl/α,β-unsaturated/α-hetero) is 1. The van der Waals surface area contributed by atoms with Crippen molar-refractivity contribution in [2.75, 3.05) is 6.61 Å². The van der Waals surface area contributed by atoms with Crippen LogP contribution in [-0.2, 0) is 0 Å². The van der Waals surface area contributed by atoms with E-state index in [1.807, 2.05) is 25.1 Å². The van der Waals surface area contributed by atoms with Crippen molar-refractivity contribution in [2.24, 2.45) is 0 Å². The van der Waals surface area contributed by atoms with Crippen molar-refractivity contribution in [3.8, 4) is 5.75 Å². The van der Waals surface area contributed by atoms with Gasteiger partial charge in [0.25, 0.3) is 0 Å². The summed E-state index contributed by atoms with van der Waals surface area (Å²) in [7, 11) is 0. The molecule has 2 heteroatoms. The van der Waals surface area contributed by atoms with Crippen molar-refractivity contribution < 1.29 is 9.53 Å². The summed E-state index contributed by atoms with van der Waals surface area (Å²) in [5.74, 6) is 0.787. The van der Waals surface area contributed by atoms with Gasteiger partial charge in [0.1, 0.15) is 5.75 Å². The lowest BCUT2D eigenvalue weighted by molar-refractivity contribution is 0.0984. The predicted octanol–water partition coefficient (Wildman–Crippen LogP) is 3.23. The normalized spacial score (nSPS) is 9.67. The summed E-state index contributed by atoms with van der Waals surface area (Å²) >= 11 is 0. The van der Waals surface area contributed by atoms with Gasteiger partial charge >= 0.3 is 0 Å². The molecule has 0 saturated heterocycles. The molecular weight excluding hydrogens is 188 g/mol. The molecule has 0 aliphatic heterocycles. The Morgan fingerprint density at radius 1 is 1.47 bits per heavy atom. The van der Waals surface area contributed by atoms with Crippen LogP contribution in [0.5, 0.6) is 5.75 Å². The molecule has 0 heterocycles. The second kappa shape index (κ2) is 6.02. The molecule has 0 bridgehead atoms. The van der Waals surface area contributed by atoms with Crippen LogP contribution < -0.4 is 4.74 Å². The van der Waals surface area contributed by atoms with Crippen LogP contribution in [-0.4, -0.2) is 12.4 Å². The van der Waals surface area contributed by atoms with Gasteiger partial charge in [0.05, 0.1) is 12.2 Å². The van der Waals surface area contributed by atoms with Gasteiger partial charge in [0.2, 0.25) is 0 Å². The van der Waals surface area contributed by atoms with Crippen LogP contribution in [0.3, 0.4) is 0 Å². The summed E-state index contributed by atoms with van der Waals surface area (Å²) < 4.78 is 5.51. The molecule has 0 atom stereocenters. The molecule has 80 valence electrons. The van der Waals surface area contributed by atoms with E-state index in [9.17, 15) is 4.79 Å². The molecule has 0 aliphatic carbocycles. The van der Waals surface area contributed by atoms with Crippen molar-refractivity contribution in [1.29, 1.82) is 0 Å². The number of para-hydroxylation sites is 1. The van der Waals surface area contributed by atoms with Gasteiger partial charge in [-0.1, -0.05) is 25.1 Å². The Hall–Kier alpha value is -1.57. The fraction of sp³-hybridized carbons (Fsp3) is 0.308. The zero-order valence-corrected chi connectivity index (χ0v) is 9.03. The van der Waals surface area contributed by atoms with E-state index in [-0.39, 0.29) is 5.78 Å². The molecule has 15 heavy (non-hydrogen) atoms. The highest BCUT2D eigenvalue weighted by Gasteiger charge is 2.09. The molecular formula is C13H16O2. The van der Waals surface area contributed by atoms with E-state index in [4.69, 9.17) is 4.74 Å². The van der Waals surface area contributed by atoms with Crippen LogP contribution in [0.15, 0.2) is 36.9 Å². The first-order valence-electron chi connectivity index (χ1n) is 5.15. The molecule has 1 rings (SSSR count). The maximum absolute atomic E-state index is 11.6. The van der Waals surface area contributed by atoms with Crippen LogP contribution in [0.2, 0.25) is 0 Å². The van der Waals surface area contributed by atoms with Crippen molar-refractivity contribution in [3.05, 3.63) is 42.5 Å². The Balaban J connectivity index is 2.76. The van der Waals surface area contributed by atoms with E-state index < -0.39 is 0 Å². The third kappa shape index (κ3) is 3.24. The lowest BCUT2D eigenvalue weighted by atomic mass is 10.1. The van der Waals surface area contributed by atoms with Crippen molar-refractivity contribution in [2.45, 2.75) is 19.8 Å². The lowest BCUT2D eigenvalue weighted by Crippen LogP contribution is -2.03. The van der Waals surface area contributed by atoms with Gasteiger partial charge in [-0.3, -0.25) is 4.79 Å². The monoisotopic (exact) mass is 204 g/mol. The van der Waals surface area contributed by atoms with Gasteiger partial charge in [0, 0.05) is 6.42 Å². The maximum Gasteiger partial charge on any atom is 0.166 e. The Morgan fingerprint density at radius 3 is 2.87 bits per heavy atom. The maximum atomic E-state index is 11.6. The Bertz CT molecular complexity index is 342. The van der Waals surface area contributed by atoms with Crippen LogP contribution in [0.1, 0.15) is 30.1 Å². The molecule has 1 aromatic rings. The minimum atomic E-state index is 0.115.